The Morgan fingerprint density at radius 2 is 1.57 bits per heavy atom. The van der Waals surface area contributed by atoms with Gasteiger partial charge in [0.25, 0.3) is 5.56 Å². The van der Waals surface area contributed by atoms with Gasteiger partial charge in [-0.2, -0.15) is 26.3 Å². The maximum absolute atomic E-state index is 12.5. The molecule has 16 heteroatoms. The first kappa shape index (κ1) is 30.1. The van der Waals surface area contributed by atoms with Gasteiger partial charge in [-0.3, -0.25) is 14.3 Å². The van der Waals surface area contributed by atoms with Crippen LogP contribution in [0, 0.1) is 0 Å². The van der Waals surface area contributed by atoms with Gasteiger partial charge in [-0.15, -0.1) is 0 Å². The van der Waals surface area contributed by atoms with Gasteiger partial charge in [0.05, 0.1) is 17.2 Å². The monoisotopic (exact) mass is 534 g/mol. The Bertz CT molecular complexity index is 1070. The van der Waals surface area contributed by atoms with E-state index in [9.17, 15) is 31.1 Å². The number of aromatic nitrogens is 2. The molecule has 1 fully saturated rings. The van der Waals surface area contributed by atoms with E-state index in [2.05, 4.69) is 28.9 Å². The molecule has 0 aliphatic carbocycles. The summed E-state index contributed by atoms with van der Waals surface area (Å²) in [5.41, 5.74) is 0.649. The van der Waals surface area contributed by atoms with Gasteiger partial charge in [-0.05, 0) is 32.3 Å². The summed E-state index contributed by atoms with van der Waals surface area (Å²) >= 11 is 5.94. The smallest absolute Gasteiger partial charge is 0.475 e. The SMILES string of the molecule is CN1CCN(C)C(Cn2cnc3cc(Cl)ccc3c2=O)C1.O=C(O)C(F)(F)F.O=C(O)C(F)(F)F. The topological polar surface area (TPSA) is 116 Å². The van der Waals surface area contributed by atoms with Crippen molar-refractivity contribution in [1.29, 1.82) is 0 Å². The fourth-order valence-electron chi connectivity index (χ4n) is 2.79. The molecule has 3 rings (SSSR count). The van der Waals surface area contributed by atoms with Crippen LogP contribution in [0.3, 0.4) is 0 Å². The Balaban J connectivity index is 0.000000362. The van der Waals surface area contributed by atoms with Crippen LogP contribution in [-0.4, -0.2) is 93.6 Å². The molecule has 1 aromatic heterocycles. The van der Waals surface area contributed by atoms with Gasteiger partial charge in [-0.1, -0.05) is 11.6 Å². The minimum absolute atomic E-state index is 0.00158. The first-order valence-corrected chi connectivity index (χ1v) is 9.95. The standard InChI is InChI=1S/C15H19ClN4O.2C2HF3O2/c1-18-5-6-19(2)12(8-18)9-20-10-17-14-7-11(16)3-4-13(14)15(20)21;2*3-2(4,5)1(6)7/h3-4,7,10,12H,5-6,8-9H2,1-2H3;2*(H,6,7). The zero-order valence-corrected chi connectivity index (χ0v) is 19.0. The van der Waals surface area contributed by atoms with E-state index >= 15 is 0 Å². The molecule has 2 aromatic rings. The summed E-state index contributed by atoms with van der Waals surface area (Å²) in [6.07, 6.45) is -8.54. The normalized spacial score (nSPS) is 17.1. The van der Waals surface area contributed by atoms with E-state index in [0.717, 1.165) is 19.6 Å². The van der Waals surface area contributed by atoms with E-state index < -0.39 is 24.3 Å². The van der Waals surface area contributed by atoms with Crippen molar-refractivity contribution in [3.05, 3.63) is 39.9 Å². The first-order valence-electron chi connectivity index (χ1n) is 9.57. The maximum atomic E-state index is 12.5. The number of rotatable bonds is 2. The van der Waals surface area contributed by atoms with E-state index in [4.69, 9.17) is 31.4 Å². The quantitative estimate of drug-likeness (QED) is 0.565. The summed E-state index contributed by atoms with van der Waals surface area (Å²) < 4.78 is 65.2. The van der Waals surface area contributed by atoms with Gasteiger partial charge in [-0.25, -0.2) is 14.6 Å². The highest BCUT2D eigenvalue weighted by atomic mass is 35.5. The van der Waals surface area contributed by atoms with Crippen molar-refractivity contribution in [2.24, 2.45) is 0 Å². The predicted molar refractivity (Wildman–Crippen MR) is 112 cm³/mol. The maximum Gasteiger partial charge on any atom is 0.490 e. The number of alkyl halides is 6. The minimum atomic E-state index is -5.08. The lowest BCUT2D eigenvalue weighted by Crippen LogP contribution is -2.52. The second-order valence-electron chi connectivity index (χ2n) is 7.37. The Hall–Kier alpha value is -2.91. The zero-order valence-electron chi connectivity index (χ0n) is 18.3. The molecule has 1 aliphatic rings. The van der Waals surface area contributed by atoms with Crippen LogP contribution in [0.4, 0.5) is 26.3 Å². The molecule has 0 amide bonds. The van der Waals surface area contributed by atoms with Crippen molar-refractivity contribution in [2.45, 2.75) is 24.9 Å². The number of hydrogen-bond donors (Lipinski definition) is 2. The third kappa shape index (κ3) is 9.70. The van der Waals surface area contributed by atoms with E-state index in [-0.39, 0.29) is 5.56 Å². The number of benzene rings is 1. The molecule has 1 aromatic carbocycles. The van der Waals surface area contributed by atoms with Crippen molar-refractivity contribution in [3.63, 3.8) is 0 Å². The van der Waals surface area contributed by atoms with Gasteiger partial charge >= 0.3 is 24.3 Å². The number of carboxylic acids is 2. The van der Waals surface area contributed by atoms with Crippen molar-refractivity contribution < 1.29 is 46.1 Å². The lowest BCUT2D eigenvalue weighted by molar-refractivity contribution is -0.193. The summed E-state index contributed by atoms with van der Waals surface area (Å²) in [4.78, 5) is 39.3. The predicted octanol–water partition coefficient (Wildman–Crippen LogP) is 2.56. The highest BCUT2D eigenvalue weighted by Crippen LogP contribution is 2.15. The van der Waals surface area contributed by atoms with E-state index in [1.165, 1.54) is 0 Å². The fourth-order valence-corrected chi connectivity index (χ4v) is 2.95. The van der Waals surface area contributed by atoms with Crippen LogP contribution in [0.15, 0.2) is 29.3 Å². The van der Waals surface area contributed by atoms with Crippen molar-refractivity contribution >= 4 is 34.4 Å². The molecule has 0 radical (unpaired) electrons. The van der Waals surface area contributed by atoms with Crippen LogP contribution in [0.1, 0.15) is 0 Å². The molecule has 0 bridgehead atoms. The fraction of sp³-hybridized carbons (Fsp3) is 0.474. The average molecular weight is 535 g/mol. The molecule has 0 spiro atoms. The van der Waals surface area contributed by atoms with Crippen LogP contribution in [0.25, 0.3) is 10.9 Å². The second-order valence-corrected chi connectivity index (χ2v) is 7.80. The molecule has 1 unspecified atom stereocenters. The third-order valence-electron chi connectivity index (χ3n) is 4.66. The highest BCUT2D eigenvalue weighted by molar-refractivity contribution is 6.31. The summed E-state index contributed by atoms with van der Waals surface area (Å²) in [6.45, 7) is 3.70. The average Bonchev–Trinajstić information content (AvgIpc) is 2.72. The number of aliphatic carboxylic acids is 2. The zero-order chi connectivity index (χ0) is 27.1. The highest BCUT2D eigenvalue weighted by Gasteiger charge is 2.38. The van der Waals surface area contributed by atoms with Crippen molar-refractivity contribution in [2.75, 3.05) is 33.7 Å². The Kier molecular flexibility index (Phi) is 10.5. The Labute approximate surface area is 199 Å². The van der Waals surface area contributed by atoms with E-state index in [1.54, 1.807) is 29.1 Å². The largest absolute Gasteiger partial charge is 0.490 e. The molecular weight excluding hydrogens is 514 g/mol. The Morgan fingerprint density at radius 1 is 1.06 bits per heavy atom. The number of halogens is 7. The van der Waals surface area contributed by atoms with Gasteiger partial charge < -0.3 is 15.1 Å². The number of hydrogen-bond acceptors (Lipinski definition) is 6. The summed E-state index contributed by atoms with van der Waals surface area (Å²) in [6, 6.07) is 5.54. The molecule has 35 heavy (non-hydrogen) atoms. The van der Waals surface area contributed by atoms with Gasteiger partial charge in [0.1, 0.15) is 0 Å². The number of piperazine rings is 1. The first-order chi connectivity index (χ1) is 15.9. The third-order valence-corrected chi connectivity index (χ3v) is 4.89. The van der Waals surface area contributed by atoms with Crippen molar-refractivity contribution in [1.82, 2.24) is 19.4 Å². The van der Waals surface area contributed by atoms with Crippen LogP contribution >= 0.6 is 11.6 Å². The van der Waals surface area contributed by atoms with Crippen LogP contribution in [0.5, 0.6) is 0 Å². The number of likely N-dealkylation sites (N-methyl/N-ethyl adjacent to an activating group) is 2. The van der Waals surface area contributed by atoms with E-state index in [1.807, 2.05) is 0 Å². The summed E-state index contributed by atoms with van der Waals surface area (Å²) in [5, 5.41) is 15.5. The number of carboxylic acid groups (broad SMARTS) is 2. The summed E-state index contributed by atoms with van der Waals surface area (Å²) in [7, 11) is 4.22. The molecule has 0 saturated carbocycles. The van der Waals surface area contributed by atoms with Gasteiger partial charge in [0.2, 0.25) is 0 Å². The Morgan fingerprint density at radius 3 is 2.06 bits per heavy atom. The molecule has 2 N–H and O–H groups in total. The van der Waals surface area contributed by atoms with Crippen LogP contribution < -0.4 is 5.56 Å². The minimum Gasteiger partial charge on any atom is -0.475 e. The summed E-state index contributed by atoms with van der Waals surface area (Å²) in [5.74, 6) is -5.51. The molecule has 2 heterocycles. The van der Waals surface area contributed by atoms with Gasteiger partial charge in [0.15, 0.2) is 0 Å². The van der Waals surface area contributed by atoms with Crippen LogP contribution in [-0.2, 0) is 16.1 Å². The van der Waals surface area contributed by atoms with Crippen LogP contribution in [0.2, 0.25) is 5.02 Å². The number of fused-ring (bicyclic) bond motifs is 1. The lowest BCUT2D eigenvalue weighted by atomic mass is 10.2. The van der Waals surface area contributed by atoms with Crippen molar-refractivity contribution in [3.8, 4) is 0 Å². The molecule has 1 atom stereocenters. The lowest BCUT2D eigenvalue weighted by Gasteiger charge is -2.37. The van der Waals surface area contributed by atoms with E-state index in [0.29, 0.717) is 28.5 Å². The molecule has 9 nitrogen and oxygen atoms in total. The second kappa shape index (κ2) is 12.2. The number of nitrogens with zero attached hydrogens (tertiary/aromatic N) is 4. The molecular formula is C19H21ClF6N4O5. The molecule has 1 saturated heterocycles. The number of carbonyl (C=O) groups is 2. The van der Waals surface area contributed by atoms with Gasteiger partial charge in [0, 0.05) is 37.2 Å². The molecule has 1 aliphatic heterocycles. The molecule has 196 valence electrons.